The lowest BCUT2D eigenvalue weighted by molar-refractivity contribution is 0.302. The molecule has 0 fully saturated rings. The van der Waals surface area contributed by atoms with Gasteiger partial charge in [-0.05, 0) is 25.1 Å². The molecule has 2 N–H and O–H groups in total. The van der Waals surface area contributed by atoms with E-state index >= 15 is 0 Å². The number of benzene rings is 1. The van der Waals surface area contributed by atoms with Gasteiger partial charge in [0.05, 0.1) is 0 Å². The van der Waals surface area contributed by atoms with Crippen LogP contribution in [0, 0.1) is 6.92 Å². The molecule has 84 valence electrons. The van der Waals surface area contributed by atoms with Crippen LogP contribution >= 0.6 is 27.7 Å². The van der Waals surface area contributed by atoms with Crippen molar-refractivity contribution >= 4 is 33.4 Å². The molecular weight excluding hydrogens is 290 g/mol. The monoisotopic (exact) mass is 299 g/mol. The first-order chi connectivity index (χ1) is 7.66. The molecule has 1 aromatic heterocycles. The first-order valence-corrected chi connectivity index (χ1v) is 6.40. The van der Waals surface area contributed by atoms with Gasteiger partial charge in [0.25, 0.3) is 0 Å². The number of nitrogens with zero attached hydrogens (tertiary/aromatic N) is 2. The van der Waals surface area contributed by atoms with Crippen LogP contribution in [0.5, 0.6) is 0 Å². The van der Waals surface area contributed by atoms with Crippen LogP contribution in [0.15, 0.2) is 32.2 Å². The molecule has 2 aromatic rings. The molecule has 0 saturated heterocycles. The zero-order valence-electron chi connectivity index (χ0n) is 8.61. The Bertz CT molecular complexity index is 501. The Balaban J connectivity index is 2.08. The lowest BCUT2D eigenvalue weighted by Gasteiger charge is -2.04. The standard InChI is InChI=1S/C10H10BrN3OS/c1-6-9(14-15-13-6)5-16-10-3-2-7(11)4-8(10)12/h2-4H,5,12H2,1H3. The predicted octanol–water partition coefficient (Wildman–Crippen LogP) is 3.02. The first kappa shape index (κ1) is 11.5. The molecule has 1 aromatic carbocycles. The average Bonchev–Trinajstić information content (AvgIpc) is 2.63. The fourth-order valence-corrected chi connectivity index (χ4v) is 2.50. The van der Waals surface area contributed by atoms with Gasteiger partial charge in [-0.25, -0.2) is 4.63 Å². The summed E-state index contributed by atoms with van der Waals surface area (Å²) in [4.78, 5) is 1.03. The molecule has 0 radical (unpaired) electrons. The summed E-state index contributed by atoms with van der Waals surface area (Å²) in [6.45, 7) is 1.87. The van der Waals surface area contributed by atoms with Gasteiger partial charge in [-0.1, -0.05) is 26.2 Å². The first-order valence-electron chi connectivity index (χ1n) is 4.62. The highest BCUT2D eigenvalue weighted by molar-refractivity contribution is 9.10. The summed E-state index contributed by atoms with van der Waals surface area (Å²) < 4.78 is 5.61. The van der Waals surface area contributed by atoms with Gasteiger partial charge in [-0.2, -0.15) is 0 Å². The van der Waals surface area contributed by atoms with E-state index in [1.54, 1.807) is 11.8 Å². The van der Waals surface area contributed by atoms with Gasteiger partial charge >= 0.3 is 0 Å². The Labute approximate surface area is 106 Å². The lowest BCUT2D eigenvalue weighted by atomic mass is 10.3. The Hall–Kier alpha value is -1.01. The van der Waals surface area contributed by atoms with Crippen molar-refractivity contribution in [1.29, 1.82) is 0 Å². The normalized spacial score (nSPS) is 10.6. The van der Waals surface area contributed by atoms with Crippen molar-refractivity contribution in [3.8, 4) is 0 Å². The molecule has 16 heavy (non-hydrogen) atoms. The largest absolute Gasteiger partial charge is 0.398 e. The maximum atomic E-state index is 5.89. The Kier molecular flexibility index (Phi) is 3.50. The van der Waals surface area contributed by atoms with Crippen molar-refractivity contribution in [2.45, 2.75) is 17.6 Å². The number of nitrogen functional groups attached to an aromatic ring is 1. The molecule has 6 heteroatoms. The highest BCUT2D eigenvalue weighted by atomic mass is 79.9. The quantitative estimate of drug-likeness (QED) is 0.697. The summed E-state index contributed by atoms with van der Waals surface area (Å²) in [6.07, 6.45) is 0. The van der Waals surface area contributed by atoms with E-state index in [9.17, 15) is 0 Å². The predicted molar refractivity (Wildman–Crippen MR) is 67.2 cm³/mol. The number of aryl methyl sites for hydroxylation is 1. The summed E-state index contributed by atoms with van der Waals surface area (Å²) in [6, 6.07) is 5.83. The Morgan fingerprint density at radius 1 is 1.44 bits per heavy atom. The molecule has 0 amide bonds. The van der Waals surface area contributed by atoms with Gasteiger partial charge in [-0.3, -0.25) is 0 Å². The second-order valence-corrected chi connectivity index (χ2v) is 5.20. The number of anilines is 1. The third kappa shape index (κ3) is 2.56. The summed E-state index contributed by atoms with van der Waals surface area (Å²) >= 11 is 4.99. The summed E-state index contributed by atoms with van der Waals surface area (Å²) in [7, 11) is 0. The van der Waals surface area contributed by atoms with Gasteiger partial charge in [0.2, 0.25) is 0 Å². The number of hydrogen-bond donors (Lipinski definition) is 1. The highest BCUT2D eigenvalue weighted by Crippen LogP contribution is 2.30. The smallest absolute Gasteiger partial charge is 0.118 e. The van der Waals surface area contributed by atoms with Crippen molar-refractivity contribution in [1.82, 2.24) is 10.3 Å². The number of thioether (sulfide) groups is 1. The average molecular weight is 300 g/mol. The van der Waals surface area contributed by atoms with Crippen LogP contribution in [0.3, 0.4) is 0 Å². The summed E-state index contributed by atoms with van der Waals surface area (Å²) in [5, 5.41) is 7.55. The van der Waals surface area contributed by atoms with Crippen LogP contribution in [0.25, 0.3) is 0 Å². The summed E-state index contributed by atoms with van der Waals surface area (Å²) in [5.74, 6) is 0.709. The van der Waals surface area contributed by atoms with Crippen LogP contribution in [-0.4, -0.2) is 10.3 Å². The fourth-order valence-electron chi connectivity index (χ4n) is 1.18. The van der Waals surface area contributed by atoms with Crippen LogP contribution in [0.2, 0.25) is 0 Å². The van der Waals surface area contributed by atoms with E-state index < -0.39 is 0 Å². The molecule has 0 unspecified atom stereocenters. The van der Waals surface area contributed by atoms with Gasteiger partial charge < -0.3 is 5.73 Å². The molecule has 0 atom stereocenters. The minimum absolute atomic E-state index is 0.709. The van der Waals surface area contributed by atoms with E-state index in [4.69, 9.17) is 5.73 Å². The molecule has 0 aliphatic rings. The topological polar surface area (TPSA) is 64.9 Å². The third-order valence-corrected chi connectivity index (χ3v) is 3.68. The fraction of sp³-hybridized carbons (Fsp3) is 0.200. The number of hydrogen-bond acceptors (Lipinski definition) is 5. The van der Waals surface area contributed by atoms with E-state index in [1.165, 1.54) is 0 Å². The molecule has 0 spiro atoms. The minimum Gasteiger partial charge on any atom is -0.398 e. The third-order valence-electron chi connectivity index (χ3n) is 2.08. The minimum atomic E-state index is 0.709. The SMILES string of the molecule is Cc1nonc1CSc1ccc(Br)cc1N. The van der Waals surface area contributed by atoms with Gasteiger partial charge in [0, 0.05) is 20.8 Å². The molecule has 1 heterocycles. The highest BCUT2D eigenvalue weighted by Gasteiger charge is 2.07. The molecule has 0 aliphatic carbocycles. The Morgan fingerprint density at radius 3 is 2.88 bits per heavy atom. The van der Waals surface area contributed by atoms with E-state index in [-0.39, 0.29) is 0 Å². The maximum Gasteiger partial charge on any atom is 0.118 e. The second-order valence-electron chi connectivity index (χ2n) is 3.27. The van der Waals surface area contributed by atoms with Crippen LogP contribution in [0.4, 0.5) is 5.69 Å². The molecule has 0 bridgehead atoms. The second kappa shape index (κ2) is 4.88. The Morgan fingerprint density at radius 2 is 2.25 bits per heavy atom. The van der Waals surface area contributed by atoms with Crippen molar-refractivity contribution in [2.75, 3.05) is 5.73 Å². The van der Waals surface area contributed by atoms with Gasteiger partial charge in [-0.15, -0.1) is 11.8 Å². The van der Waals surface area contributed by atoms with Crippen LogP contribution in [-0.2, 0) is 5.75 Å². The molecule has 0 saturated carbocycles. The maximum absolute atomic E-state index is 5.89. The van der Waals surface area contributed by atoms with Gasteiger partial charge in [0.1, 0.15) is 11.4 Å². The zero-order valence-corrected chi connectivity index (χ0v) is 11.0. The lowest BCUT2D eigenvalue weighted by Crippen LogP contribution is -1.90. The molecule has 0 aliphatic heterocycles. The van der Waals surface area contributed by atoms with E-state index in [0.717, 1.165) is 26.4 Å². The van der Waals surface area contributed by atoms with Crippen molar-refractivity contribution in [3.63, 3.8) is 0 Å². The molecular formula is C10H10BrN3OS. The van der Waals surface area contributed by atoms with E-state index in [2.05, 4.69) is 30.9 Å². The van der Waals surface area contributed by atoms with Crippen LogP contribution in [0.1, 0.15) is 11.4 Å². The molecule has 2 rings (SSSR count). The number of rotatable bonds is 3. The van der Waals surface area contributed by atoms with Crippen molar-refractivity contribution in [2.24, 2.45) is 0 Å². The van der Waals surface area contributed by atoms with Crippen molar-refractivity contribution in [3.05, 3.63) is 34.1 Å². The summed E-state index contributed by atoms with van der Waals surface area (Å²) in [5.41, 5.74) is 8.32. The van der Waals surface area contributed by atoms with E-state index in [0.29, 0.717) is 5.75 Å². The number of halogens is 1. The zero-order chi connectivity index (χ0) is 11.5. The molecule has 4 nitrogen and oxygen atoms in total. The number of nitrogens with two attached hydrogens (primary N) is 1. The van der Waals surface area contributed by atoms with Crippen molar-refractivity contribution < 1.29 is 4.63 Å². The van der Waals surface area contributed by atoms with Gasteiger partial charge in [0.15, 0.2) is 0 Å². The van der Waals surface area contributed by atoms with E-state index in [1.807, 2.05) is 25.1 Å². The number of aromatic nitrogens is 2. The van der Waals surface area contributed by atoms with Crippen LogP contribution < -0.4 is 5.73 Å².